The van der Waals surface area contributed by atoms with E-state index in [4.69, 9.17) is 13.7 Å². The zero-order chi connectivity index (χ0) is 12.4. The first-order valence-corrected chi connectivity index (χ1v) is 5.79. The summed E-state index contributed by atoms with van der Waals surface area (Å²) >= 11 is 0. The minimum absolute atomic E-state index is 0.145. The van der Waals surface area contributed by atoms with Gasteiger partial charge >= 0.3 is 0 Å². The molecule has 4 nitrogen and oxygen atoms in total. The molecule has 88 valence electrons. The van der Waals surface area contributed by atoms with Crippen LogP contribution in [0, 0.1) is 6.92 Å². The minimum Gasteiger partial charge on any atom is -0.347 e. The Hall–Kier alpha value is -1.33. The molecular weight excluding hydrogens is 211 g/mol. The molecular formula is C12H17BN4. The summed E-state index contributed by atoms with van der Waals surface area (Å²) < 4.78 is 0. The van der Waals surface area contributed by atoms with Crippen LogP contribution >= 0.6 is 0 Å². The Bertz CT molecular complexity index is 508. The largest absolute Gasteiger partial charge is 0.347 e. The van der Waals surface area contributed by atoms with Crippen LogP contribution < -0.4 is 5.73 Å². The Morgan fingerprint density at radius 1 is 1.53 bits per heavy atom. The van der Waals surface area contributed by atoms with Gasteiger partial charge in [0.1, 0.15) is 5.82 Å². The molecule has 3 N–H and O–H groups in total. The number of hydrogen-bond donors (Lipinski definition) is 2. The molecule has 2 aromatic rings. The standard InChI is InChI=1S/C12H17BN4/c1-8(17(13)6-5-14)10-3-4-11-12(7-10)16-9(2)15-11/h3-4,7-8H,5-6,14H2,1-2H3,(H,15,16). The van der Waals surface area contributed by atoms with Gasteiger partial charge < -0.3 is 15.5 Å². The molecule has 1 heterocycles. The Morgan fingerprint density at radius 2 is 2.29 bits per heavy atom. The van der Waals surface area contributed by atoms with Crippen molar-refractivity contribution in [3.63, 3.8) is 0 Å². The van der Waals surface area contributed by atoms with Gasteiger partial charge in [0.05, 0.1) is 11.0 Å². The molecule has 2 radical (unpaired) electrons. The number of nitrogens with one attached hydrogen (secondary N) is 1. The summed E-state index contributed by atoms with van der Waals surface area (Å²) in [5, 5.41) is 0. The normalized spacial score (nSPS) is 13.4. The van der Waals surface area contributed by atoms with Crippen molar-refractivity contribution in [1.29, 1.82) is 0 Å². The fraction of sp³-hybridized carbons (Fsp3) is 0.417. The predicted octanol–water partition coefficient (Wildman–Crippen LogP) is 1.28. The van der Waals surface area contributed by atoms with E-state index in [9.17, 15) is 0 Å². The Morgan fingerprint density at radius 3 is 3.00 bits per heavy atom. The summed E-state index contributed by atoms with van der Waals surface area (Å²) in [6.45, 7) is 5.26. The van der Waals surface area contributed by atoms with Gasteiger partial charge in [-0.05, 0) is 38.1 Å². The van der Waals surface area contributed by atoms with Crippen molar-refractivity contribution < 1.29 is 0 Å². The zero-order valence-corrected chi connectivity index (χ0v) is 10.3. The quantitative estimate of drug-likeness (QED) is 0.775. The van der Waals surface area contributed by atoms with Gasteiger partial charge in [-0.25, -0.2) is 4.98 Å². The lowest BCUT2D eigenvalue weighted by Crippen LogP contribution is -2.29. The highest BCUT2D eigenvalue weighted by Gasteiger charge is 2.11. The second-order valence-electron chi connectivity index (χ2n) is 4.30. The SMILES string of the molecule is [B]N(CCN)C(C)c1ccc2nc(C)[nH]c2c1. The second-order valence-corrected chi connectivity index (χ2v) is 4.30. The fourth-order valence-electron chi connectivity index (χ4n) is 1.95. The smallest absolute Gasteiger partial charge is 0.183 e. The number of aromatic nitrogens is 2. The number of benzene rings is 1. The lowest BCUT2D eigenvalue weighted by molar-refractivity contribution is 0.375. The number of nitrogens with zero attached hydrogens (tertiary/aromatic N) is 2. The van der Waals surface area contributed by atoms with Crippen LogP contribution in [0.4, 0.5) is 0 Å². The molecule has 0 bridgehead atoms. The molecule has 0 fully saturated rings. The molecule has 0 aliphatic heterocycles. The number of hydrogen-bond acceptors (Lipinski definition) is 3. The van der Waals surface area contributed by atoms with Crippen molar-refractivity contribution >= 4 is 19.0 Å². The van der Waals surface area contributed by atoms with Gasteiger partial charge in [0.15, 0.2) is 7.98 Å². The van der Waals surface area contributed by atoms with Crippen LogP contribution in [0.3, 0.4) is 0 Å². The first-order chi connectivity index (χ1) is 8.11. The first kappa shape index (κ1) is 12.1. The lowest BCUT2D eigenvalue weighted by Gasteiger charge is -2.25. The molecule has 1 aromatic heterocycles. The number of fused-ring (bicyclic) bond motifs is 1. The molecule has 1 aromatic carbocycles. The number of imidazole rings is 1. The average Bonchev–Trinajstić information content (AvgIpc) is 2.67. The summed E-state index contributed by atoms with van der Waals surface area (Å²) in [6.07, 6.45) is 0. The van der Waals surface area contributed by atoms with E-state index in [0.717, 1.165) is 22.4 Å². The number of aryl methyl sites for hydroxylation is 1. The Balaban J connectivity index is 2.28. The van der Waals surface area contributed by atoms with Gasteiger partial charge in [-0.2, -0.15) is 0 Å². The first-order valence-electron chi connectivity index (χ1n) is 5.79. The third-order valence-corrected chi connectivity index (χ3v) is 2.99. The summed E-state index contributed by atoms with van der Waals surface area (Å²) in [6, 6.07) is 6.31. The molecule has 5 heteroatoms. The number of aromatic amines is 1. The van der Waals surface area contributed by atoms with Crippen LogP contribution in [0.5, 0.6) is 0 Å². The number of nitrogens with two attached hydrogens (primary N) is 1. The maximum Gasteiger partial charge on any atom is 0.183 e. The molecule has 0 amide bonds. The van der Waals surface area contributed by atoms with E-state index in [1.807, 2.05) is 13.0 Å². The third kappa shape index (κ3) is 2.51. The van der Waals surface area contributed by atoms with Gasteiger partial charge in [-0.15, -0.1) is 0 Å². The number of H-pyrrole nitrogens is 1. The summed E-state index contributed by atoms with van der Waals surface area (Å²) in [4.78, 5) is 9.36. The molecule has 0 saturated carbocycles. The highest BCUT2D eigenvalue weighted by atomic mass is 15.1. The summed E-state index contributed by atoms with van der Waals surface area (Å²) in [5.41, 5.74) is 8.70. The van der Waals surface area contributed by atoms with Gasteiger partial charge in [0.2, 0.25) is 0 Å². The van der Waals surface area contributed by atoms with Crippen molar-refractivity contribution in [2.24, 2.45) is 5.73 Å². The van der Waals surface area contributed by atoms with E-state index < -0.39 is 0 Å². The maximum atomic E-state index is 5.94. The average molecular weight is 228 g/mol. The van der Waals surface area contributed by atoms with Crippen molar-refractivity contribution in [3.05, 3.63) is 29.6 Å². The van der Waals surface area contributed by atoms with Crippen molar-refractivity contribution in [1.82, 2.24) is 14.8 Å². The topological polar surface area (TPSA) is 57.9 Å². The lowest BCUT2D eigenvalue weighted by atomic mass is 10.0. The van der Waals surface area contributed by atoms with Gasteiger partial charge in [-0.1, -0.05) is 6.07 Å². The van der Waals surface area contributed by atoms with Crippen LogP contribution in [0.15, 0.2) is 18.2 Å². The van der Waals surface area contributed by atoms with E-state index in [0.29, 0.717) is 13.1 Å². The van der Waals surface area contributed by atoms with Gasteiger partial charge in [0, 0.05) is 12.6 Å². The van der Waals surface area contributed by atoms with Crippen LogP contribution in [0.25, 0.3) is 11.0 Å². The van der Waals surface area contributed by atoms with E-state index in [-0.39, 0.29) is 6.04 Å². The molecule has 1 atom stereocenters. The molecule has 0 saturated heterocycles. The molecule has 0 aliphatic carbocycles. The van der Waals surface area contributed by atoms with Crippen LogP contribution in [0.2, 0.25) is 0 Å². The molecule has 0 aliphatic rings. The molecule has 1 unspecified atom stereocenters. The second kappa shape index (κ2) is 4.90. The van der Waals surface area contributed by atoms with Gasteiger partial charge in [-0.3, -0.25) is 0 Å². The highest BCUT2D eigenvalue weighted by Crippen LogP contribution is 2.21. The van der Waals surface area contributed by atoms with E-state index in [1.165, 1.54) is 0 Å². The van der Waals surface area contributed by atoms with Crippen molar-refractivity contribution in [2.75, 3.05) is 13.1 Å². The molecule has 2 rings (SSSR count). The zero-order valence-electron chi connectivity index (χ0n) is 10.3. The van der Waals surface area contributed by atoms with E-state index in [1.54, 1.807) is 4.81 Å². The van der Waals surface area contributed by atoms with Gasteiger partial charge in [0.25, 0.3) is 0 Å². The maximum absolute atomic E-state index is 5.94. The van der Waals surface area contributed by atoms with Crippen LogP contribution in [-0.2, 0) is 0 Å². The monoisotopic (exact) mass is 228 g/mol. The van der Waals surface area contributed by atoms with Crippen molar-refractivity contribution in [3.8, 4) is 0 Å². The Kier molecular flexibility index (Phi) is 3.50. The summed E-state index contributed by atoms with van der Waals surface area (Å²) in [7, 11) is 5.94. The fourth-order valence-corrected chi connectivity index (χ4v) is 1.95. The van der Waals surface area contributed by atoms with Crippen LogP contribution in [-0.4, -0.2) is 35.8 Å². The number of rotatable bonds is 4. The van der Waals surface area contributed by atoms with E-state index in [2.05, 4.69) is 29.0 Å². The van der Waals surface area contributed by atoms with Crippen molar-refractivity contribution in [2.45, 2.75) is 19.9 Å². The highest BCUT2D eigenvalue weighted by molar-refractivity contribution is 6.04. The van der Waals surface area contributed by atoms with E-state index >= 15 is 0 Å². The third-order valence-electron chi connectivity index (χ3n) is 2.99. The summed E-state index contributed by atoms with van der Waals surface area (Å²) in [5.74, 6) is 0.927. The minimum atomic E-state index is 0.145. The molecule has 17 heavy (non-hydrogen) atoms. The Labute approximate surface area is 103 Å². The van der Waals surface area contributed by atoms with Crippen LogP contribution in [0.1, 0.15) is 24.4 Å². The molecule has 0 spiro atoms. The predicted molar refractivity (Wildman–Crippen MR) is 70.8 cm³/mol.